The third kappa shape index (κ3) is 6.50. The molecule has 2 aromatic rings. The number of hydrogen-bond donors (Lipinski definition) is 3. The minimum atomic E-state index is -4.84. The van der Waals surface area contributed by atoms with E-state index in [2.05, 4.69) is 9.18 Å². The Hall–Kier alpha value is -1.55. The number of fused-ring (bicyclic) bond motifs is 1. The number of aliphatic imine (C=N–C) groups is 1. The third-order valence-corrected chi connectivity index (χ3v) is 4.99. The maximum Gasteiger partial charge on any atom is 1.00 e. The van der Waals surface area contributed by atoms with Crippen molar-refractivity contribution in [2.75, 3.05) is 6.61 Å². The standard InChI is InChI=1S/C18H21NO11S.Na/c1-8-5-14(21)29-12-6-10(3-4-11(8)12)28-18-15(19-9(2)20)17(23)16(22)13(30-18)7-27-31(24,25)26;/h3-6,13,15-18,22-23H,7H2,1-2H3,(H,19,20)(H,24,25,26);/q;+1/p-1. The average Bonchev–Trinajstić information content (AvgIpc) is 2.65. The molecule has 1 fully saturated rings. The first-order valence-electron chi connectivity index (χ1n) is 9.00. The molecule has 1 aromatic heterocycles. The van der Waals surface area contributed by atoms with Gasteiger partial charge in [0.1, 0.15) is 35.7 Å². The van der Waals surface area contributed by atoms with Crippen molar-refractivity contribution in [2.45, 2.75) is 44.5 Å². The molecule has 0 bridgehead atoms. The van der Waals surface area contributed by atoms with Gasteiger partial charge >= 0.3 is 45.6 Å². The molecule has 0 radical (unpaired) electrons. The molecule has 0 spiro atoms. The average molecular weight is 481 g/mol. The van der Waals surface area contributed by atoms with Gasteiger partial charge in [-0.2, -0.15) is 8.42 Å². The zero-order valence-electron chi connectivity index (χ0n) is 17.4. The molecular formula is C18H20NNaO11S. The Morgan fingerprint density at radius 2 is 1.94 bits per heavy atom. The fourth-order valence-electron chi connectivity index (χ4n) is 3.16. The molecule has 12 nitrogen and oxygen atoms in total. The molecule has 170 valence electrons. The summed E-state index contributed by atoms with van der Waals surface area (Å²) in [6.45, 7) is 2.01. The Balaban J connectivity index is 0.00000363. The van der Waals surface area contributed by atoms with E-state index in [1.54, 1.807) is 13.0 Å². The molecule has 5 unspecified atom stereocenters. The Morgan fingerprint density at radius 1 is 1.25 bits per heavy atom. The number of aliphatic hydroxyl groups excluding tert-OH is 2. The smallest absolute Gasteiger partial charge is 0.862 e. The van der Waals surface area contributed by atoms with Crippen molar-refractivity contribution >= 4 is 27.3 Å². The van der Waals surface area contributed by atoms with Crippen LogP contribution in [-0.2, 0) is 19.3 Å². The Labute approximate surface area is 204 Å². The summed E-state index contributed by atoms with van der Waals surface area (Å²) in [5.74, 6) is -0.561. The number of rotatable bonds is 6. The first kappa shape index (κ1) is 26.7. The Bertz CT molecular complexity index is 1150. The monoisotopic (exact) mass is 481 g/mol. The summed E-state index contributed by atoms with van der Waals surface area (Å²) >= 11 is 0. The number of nitrogens with zero attached hydrogens (tertiary/aromatic N) is 1. The van der Waals surface area contributed by atoms with Crippen LogP contribution in [0.15, 0.2) is 38.5 Å². The fourth-order valence-corrected chi connectivity index (χ4v) is 3.47. The van der Waals surface area contributed by atoms with E-state index in [0.29, 0.717) is 10.9 Å². The molecule has 1 saturated heterocycles. The molecule has 3 N–H and O–H groups in total. The van der Waals surface area contributed by atoms with Crippen molar-refractivity contribution < 1.29 is 75.9 Å². The number of ether oxygens (including phenoxy) is 2. The Kier molecular flexibility index (Phi) is 8.83. The predicted molar refractivity (Wildman–Crippen MR) is 103 cm³/mol. The number of hydrogen-bond acceptors (Lipinski definition) is 11. The molecule has 1 aromatic carbocycles. The number of benzene rings is 1. The normalized spacial score (nSPS) is 26.5. The van der Waals surface area contributed by atoms with E-state index in [9.17, 15) is 28.5 Å². The van der Waals surface area contributed by atoms with Crippen LogP contribution in [0.25, 0.3) is 11.0 Å². The first-order chi connectivity index (χ1) is 14.4. The summed E-state index contributed by atoms with van der Waals surface area (Å²) in [4.78, 5) is 15.3. The van der Waals surface area contributed by atoms with Crippen LogP contribution in [0.2, 0.25) is 0 Å². The van der Waals surface area contributed by atoms with Gasteiger partial charge in [0.25, 0.3) is 0 Å². The van der Waals surface area contributed by atoms with Crippen molar-refractivity contribution in [3.63, 3.8) is 0 Å². The molecule has 32 heavy (non-hydrogen) atoms. The minimum absolute atomic E-state index is 0. The molecule has 0 aliphatic carbocycles. The molecular weight excluding hydrogens is 461 g/mol. The van der Waals surface area contributed by atoms with Gasteiger partial charge in [0.05, 0.1) is 6.61 Å². The van der Waals surface area contributed by atoms with Crippen LogP contribution in [-0.4, -0.2) is 66.3 Å². The van der Waals surface area contributed by atoms with Crippen LogP contribution in [0, 0.1) is 6.92 Å². The molecule has 2 heterocycles. The number of aryl methyl sites for hydroxylation is 1. The summed E-state index contributed by atoms with van der Waals surface area (Å²) in [7, 11) is -4.84. The van der Waals surface area contributed by atoms with Crippen LogP contribution >= 0.6 is 0 Å². The molecule has 1 aliphatic heterocycles. The van der Waals surface area contributed by atoms with Crippen LogP contribution in [0.1, 0.15) is 12.5 Å². The van der Waals surface area contributed by atoms with E-state index in [-0.39, 0.29) is 40.9 Å². The number of aliphatic hydroxyl groups is 2. The second kappa shape index (κ2) is 10.6. The van der Waals surface area contributed by atoms with Crippen LogP contribution < -0.4 is 45.0 Å². The minimum Gasteiger partial charge on any atom is -0.862 e. The largest absolute Gasteiger partial charge is 1.00 e. The first-order valence-corrected chi connectivity index (χ1v) is 10.4. The van der Waals surface area contributed by atoms with Crippen LogP contribution in [0.4, 0.5) is 0 Å². The zero-order chi connectivity index (χ0) is 22.9. The van der Waals surface area contributed by atoms with Gasteiger partial charge in [-0.3, -0.25) is 9.55 Å². The van der Waals surface area contributed by atoms with Gasteiger partial charge in [-0.05, 0) is 37.4 Å². The van der Waals surface area contributed by atoms with Crippen molar-refractivity contribution in [3.8, 4) is 5.75 Å². The summed E-state index contributed by atoms with van der Waals surface area (Å²) < 4.78 is 50.9. The molecule has 14 heteroatoms. The van der Waals surface area contributed by atoms with E-state index in [4.69, 9.17) is 18.4 Å². The van der Waals surface area contributed by atoms with Gasteiger partial charge < -0.3 is 29.2 Å². The van der Waals surface area contributed by atoms with Crippen molar-refractivity contribution in [1.29, 1.82) is 0 Å². The summed E-state index contributed by atoms with van der Waals surface area (Å²) in [6.07, 6.45) is -6.28. The van der Waals surface area contributed by atoms with Crippen LogP contribution in [0.3, 0.4) is 0 Å². The van der Waals surface area contributed by atoms with Crippen LogP contribution in [0.5, 0.6) is 5.75 Å². The van der Waals surface area contributed by atoms with Gasteiger partial charge in [-0.1, -0.05) is 0 Å². The SMILES string of the molecule is CC([O-])=NC1C(Oc2ccc3c(C)cc(=O)oc3c2)OC(COS(=O)(=O)O)C(O)C1O.[Na+]. The van der Waals surface area contributed by atoms with Gasteiger partial charge in [-0.25, -0.2) is 8.98 Å². The molecule has 1 aliphatic rings. The van der Waals surface area contributed by atoms with E-state index in [1.165, 1.54) is 18.2 Å². The summed E-state index contributed by atoms with van der Waals surface area (Å²) in [5, 5.41) is 32.7. The second-order valence-corrected chi connectivity index (χ2v) is 7.99. The quantitative estimate of drug-likeness (QED) is 0.120. The van der Waals surface area contributed by atoms with Crippen molar-refractivity contribution in [3.05, 3.63) is 40.2 Å². The maximum absolute atomic E-state index is 11.6. The second-order valence-electron chi connectivity index (χ2n) is 6.90. The van der Waals surface area contributed by atoms with Gasteiger partial charge in [0, 0.05) is 17.5 Å². The summed E-state index contributed by atoms with van der Waals surface area (Å²) in [6, 6.07) is 4.48. The van der Waals surface area contributed by atoms with E-state index >= 15 is 0 Å². The van der Waals surface area contributed by atoms with Crippen molar-refractivity contribution in [2.24, 2.45) is 4.99 Å². The summed E-state index contributed by atoms with van der Waals surface area (Å²) in [5.41, 5.74) is 0.323. The van der Waals surface area contributed by atoms with Gasteiger partial charge in [-0.15, -0.1) is 0 Å². The van der Waals surface area contributed by atoms with E-state index < -0.39 is 59.2 Å². The topological polar surface area (TPSA) is 188 Å². The zero-order valence-corrected chi connectivity index (χ0v) is 20.2. The molecule has 0 saturated carbocycles. The van der Waals surface area contributed by atoms with E-state index in [0.717, 1.165) is 6.92 Å². The van der Waals surface area contributed by atoms with E-state index in [1.807, 2.05) is 0 Å². The molecule has 5 atom stereocenters. The van der Waals surface area contributed by atoms with Crippen molar-refractivity contribution in [1.82, 2.24) is 0 Å². The fraction of sp³-hybridized carbons (Fsp3) is 0.444. The maximum atomic E-state index is 11.6. The molecule has 3 rings (SSSR count). The predicted octanol–water partition coefficient (Wildman–Crippen LogP) is -4.10. The van der Waals surface area contributed by atoms with Gasteiger partial charge in [0.2, 0.25) is 6.29 Å². The third-order valence-electron chi connectivity index (χ3n) is 4.56. The molecule has 0 amide bonds. The Morgan fingerprint density at radius 3 is 2.56 bits per heavy atom. The van der Waals surface area contributed by atoms with Gasteiger partial charge in [0.15, 0.2) is 0 Å².